The summed E-state index contributed by atoms with van der Waals surface area (Å²) >= 11 is 8.40. The smallest absolute Gasteiger partial charge is 0.289 e. The number of anilines is 1. The fraction of sp³-hybridized carbons (Fsp3) is 0.0625. The molecule has 132 valence electrons. The van der Waals surface area contributed by atoms with Crippen LogP contribution in [0.1, 0.15) is 10.8 Å². The average molecular weight is 407 g/mol. The van der Waals surface area contributed by atoms with Crippen molar-refractivity contribution in [3.63, 3.8) is 0 Å². The van der Waals surface area contributed by atoms with Crippen LogP contribution in [0.25, 0.3) is 0 Å². The van der Waals surface area contributed by atoms with E-state index in [4.69, 9.17) is 11.6 Å². The quantitative estimate of drug-likeness (QED) is 0.365. The maximum absolute atomic E-state index is 12.8. The summed E-state index contributed by atoms with van der Waals surface area (Å²) in [7, 11) is 0. The number of nitrogens with one attached hydrogen (secondary N) is 1. The van der Waals surface area contributed by atoms with Crippen molar-refractivity contribution in [2.75, 3.05) is 5.32 Å². The van der Waals surface area contributed by atoms with E-state index >= 15 is 0 Å². The van der Waals surface area contributed by atoms with E-state index in [0.717, 1.165) is 5.56 Å². The lowest BCUT2D eigenvalue weighted by atomic mass is 10.1. The van der Waals surface area contributed by atoms with E-state index in [1.165, 1.54) is 41.3 Å². The number of hydrogen-bond donors (Lipinski definition) is 1. The van der Waals surface area contributed by atoms with Crippen LogP contribution in [0, 0.1) is 10.1 Å². The van der Waals surface area contributed by atoms with Crippen molar-refractivity contribution in [3.8, 4) is 0 Å². The van der Waals surface area contributed by atoms with Crippen molar-refractivity contribution in [2.24, 2.45) is 0 Å². The van der Waals surface area contributed by atoms with Gasteiger partial charge in [-0.15, -0.1) is 10.2 Å². The molecule has 1 aromatic heterocycles. The van der Waals surface area contributed by atoms with Crippen LogP contribution in [-0.2, 0) is 4.79 Å². The molecular weight excluding hydrogens is 396 g/mol. The number of benzene rings is 2. The number of halogens is 1. The first-order chi connectivity index (χ1) is 12.5. The van der Waals surface area contributed by atoms with Gasteiger partial charge in [0.05, 0.1) is 4.92 Å². The second-order valence-electron chi connectivity index (χ2n) is 5.03. The summed E-state index contributed by atoms with van der Waals surface area (Å²) in [4.78, 5) is 23.2. The minimum Gasteiger partial charge on any atom is -0.325 e. The number of amides is 1. The van der Waals surface area contributed by atoms with Gasteiger partial charge in [-0.05, 0) is 17.7 Å². The predicted molar refractivity (Wildman–Crippen MR) is 102 cm³/mol. The summed E-state index contributed by atoms with van der Waals surface area (Å²) in [5.74, 6) is -0.326. The Morgan fingerprint density at radius 2 is 2.04 bits per heavy atom. The molecule has 0 aliphatic rings. The van der Waals surface area contributed by atoms with Crippen molar-refractivity contribution in [2.45, 2.75) is 9.59 Å². The molecule has 2 aromatic carbocycles. The molecule has 0 aliphatic carbocycles. The summed E-state index contributed by atoms with van der Waals surface area (Å²) in [5, 5.41) is 20.9. The van der Waals surface area contributed by atoms with Crippen LogP contribution in [0.15, 0.2) is 58.4 Å². The summed E-state index contributed by atoms with van der Waals surface area (Å²) in [6, 6.07) is 13.3. The Hall–Kier alpha value is -2.49. The van der Waals surface area contributed by atoms with Gasteiger partial charge in [0.1, 0.15) is 15.8 Å². The van der Waals surface area contributed by atoms with E-state index in [-0.39, 0.29) is 16.6 Å². The van der Waals surface area contributed by atoms with Gasteiger partial charge in [0, 0.05) is 11.8 Å². The van der Waals surface area contributed by atoms with Crippen molar-refractivity contribution >= 4 is 52.0 Å². The lowest BCUT2D eigenvalue weighted by molar-refractivity contribution is -0.384. The molecule has 26 heavy (non-hydrogen) atoms. The fourth-order valence-electron chi connectivity index (χ4n) is 2.15. The Balaban J connectivity index is 1.86. The van der Waals surface area contributed by atoms with Gasteiger partial charge in [-0.2, -0.15) is 0 Å². The second-order valence-corrected chi connectivity index (χ2v) is 7.62. The van der Waals surface area contributed by atoms with Gasteiger partial charge in [-0.1, -0.05) is 65.0 Å². The Labute approximate surface area is 161 Å². The van der Waals surface area contributed by atoms with Crippen molar-refractivity contribution in [1.29, 1.82) is 0 Å². The number of hydrogen-bond acceptors (Lipinski definition) is 7. The van der Waals surface area contributed by atoms with E-state index in [2.05, 4.69) is 15.5 Å². The molecule has 3 rings (SSSR count). The van der Waals surface area contributed by atoms with Gasteiger partial charge >= 0.3 is 0 Å². The summed E-state index contributed by atoms with van der Waals surface area (Å²) in [5.41, 5.74) is 2.40. The van der Waals surface area contributed by atoms with Crippen LogP contribution in [0.5, 0.6) is 0 Å². The Bertz CT molecular complexity index is 923. The molecule has 1 amide bonds. The lowest BCUT2D eigenvalue weighted by Crippen LogP contribution is -2.19. The maximum Gasteiger partial charge on any atom is 0.289 e. The monoisotopic (exact) mass is 406 g/mol. The third kappa shape index (κ3) is 4.37. The molecule has 0 saturated carbocycles. The third-order valence-electron chi connectivity index (χ3n) is 3.31. The van der Waals surface area contributed by atoms with Gasteiger partial charge in [0.2, 0.25) is 5.91 Å². The number of thioether (sulfide) groups is 1. The maximum atomic E-state index is 12.8. The number of aromatic nitrogens is 2. The molecule has 0 fully saturated rings. The van der Waals surface area contributed by atoms with Crippen LogP contribution in [0.4, 0.5) is 11.4 Å². The van der Waals surface area contributed by atoms with Crippen molar-refractivity contribution in [3.05, 3.63) is 74.7 Å². The highest BCUT2D eigenvalue weighted by Gasteiger charge is 2.24. The molecule has 7 nitrogen and oxygen atoms in total. The summed E-state index contributed by atoms with van der Waals surface area (Å²) < 4.78 is 0.649. The molecule has 0 spiro atoms. The zero-order valence-electron chi connectivity index (χ0n) is 13.0. The van der Waals surface area contributed by atoms with E-state index in [9.17, 15) is 14.9 Å². The van der Waals surface area contributed by atoms with Crippen LogP contribution < -0.4 is 5.32 Å². The molecule has 1 heterocycles. The van der Waals surface area contributed by atoms with E-state index in [1.54, 1.807) is 5.51 Å². The first-order valence-corrected chi connectivity index (χ1v) is 9.41. The Morgan fingerprint density at radius 3 is 2.69 bits per heavy atom. The van der Waals surface area contributed by atoms with Gasteiger partial charge in [-0.3, -0.25) is 14.9 Å². The van der Waals surface area contributed by atoms with Crippen molar-refractivity contribution in [1.82, 2.24) is 10.2 Å². The van der Waals surface area contributed by atoms with Crippen molar-refractivity contribution < 1.29 is 9.72 Å². The highest BCUT2D eigenvalue weighted by molar-refractivity contribution is 8.01. The molecule has 1 N–H and O–H groups in total. The normalized spacial score (nSPS) is 11.7. The molecule has 0 radical (unpaired) electrons. The zero-order valence-corrected chi connectivity index (χ0v) is 15.4. The van der Waals surface area contributed by atoms with E-state index in [0.29, 0.717) is 10.0 Å². The molecule has 3 aromatic rings. The van der Waals surface area contributed by atoms with Crippen LogP contribution >= 0.6 is 34.7 Å². The number of nitro benzene ring substituents is 1. The topological polar surface area (TPSA) is 98.0 Å². The average Bonchev–Trinajstić information content (AvgIpc) is 3.15. The highest BCUT2D eigenvalue weighted by Crippen LogP contribution is 2.37. The van der Waals surface area contributed by atoms with Gasteiger partial charge in [0.25, 0.3) is 5.69 Å². The predicted octanol–water partition coefficient (Wildman–Crippen LogP) is 4.57. The molecule has 0 saturated heterocycles. The van der Waals surface area contributed by atoms with E-state index in [1.807, 2.05) is 30.3 Å². The molecule has 0 unspecified atom stereocenters. The number of rotatable bonds is 6. The van der Waals surface area contributed by atoms with Crippen LogP contribution in [0.3, 0.4) is 0 Å². The van der Waals surface area contributed by atoms with Crippen LogP contribution in [-0.4, -0.2) is 21.0 Å². The number of nitrogens with zero attached hydrogens (tertiary/aromatic N) is 3. The Morgan fingerprint density at radius 1 is 1.27 bits per heavy atom. The number of nitro groups is 1. The molecule has 0 bridgehead atoms. The standard InChI is InChI=1S/C16H11ClN4O3S2/c17-12-7-6-11(8-13(12)21(23)24)19-15(22)14(10-4-2-1-3-5-10)26-16-20-18-9-25-16/h1-9,14H,(H,19,22)/t14-/m0/s1. The minimum absolute atomic E-state index is 0.0100. The van der Waals surface area contributed by atoms with Gasteiger partial charge in [0.15, 0.2) is 4.34 Å². The molecule has 1 atom stereocenters. The summed E-state index contributed by atoms with van der Waals surface area (Å²) in [6.07, 6.45) is 0. The first kappa shape index (κ1) is 18.3. The van der Waals surface area contributed by atoms with Gasteiger partial charge in [-0.25, -0.2) is 0 Å². The lowest BCUT2D eigenvalue weighted by Gasteiger charge is -2.15. The van der Waals surface area contributed by atoms with E-state index < -0.39 is 10.2 Å². The minimum atomic E-state index is -0.595. The fourth-order valence-corrected chi connectivity index (χ4v) is 4.01. The number of carbonyl (C=O) groups is 1. The first-order valence-electron chi connectivity index (χ1n) is 7.27. The SMILES string of the molecule is O=C(Nc1ccc(Cl)c([N+](=O)[O-])c1)[C@@H](Sc1nncs1)c1ccccc1. The third-order valence-corrected chi connectivity index (χ3v) is 5.69. The second kappa shape index (κ2) is 8.26. The largest absolute Gasteiger partial charge is 0.325 e. The van der Waals surface area contributed by atoms with Crippen LogP contribution in [0.2, 0.25) is 5.02 Å². The number of carbonyl (C=O) groups excluding carboxylic acids is 1. The summed E-state index contributed by atoms with van der Waals surface area (Å²) in [6.45, 7) is 0. The molecular formula is C16H11ClN4O3S2. The molecule has 0 aliphatic heterocycles. The molecule has 10 heteroatoms. The Kier molecular flexibility index (Phi) is 5.82. The zero-order chi connectivity index (χ0) is 18.5. The highest BCUT2D eigenvalue weighted by atomic mass is 35.5. The van der Waals surface area contributed by atoms with Gasteiger partial charge < -0.3 is 5.32 Å².